The number of hydrogen-bond acceptors (Lipinski definition) is 4. The fourth-order valence-corrected chi connectivity index (χ4v) is 5.69. The number of esters is 2. The first-order chi connectivity index (χ1) is 17.8. The minimum atomic E-state index is -0.444. The molecule has 4 heteroatoms. The van der Waals surface area contributed by atoms with E-state index in [1.54, 1.807) is 0 Å². The lowest BCUT2D eigenvalue weighted by molar-refractivity contribution is -0.134. The number of benzene rings is 4. The predicted octanol–water partition coefficient (Wildman–Crippen LogP) is 6.73. The monoisotopic (exact) mass is 488 g/mol. The van der Waals surface area contributed by atoms with Gasteiger partial charge in [0.2, 0.25) is 0 Å². The Bertz CT molecular complexity index is 1430. The van der Waals surface area contributed by atoms with E-state index >= 15 is 0 Å². The lowest BCUT2D eigenvalue weighted by Crippen LogP contribution is -2.20. The maximum absolute atomic E-state index is 12.9. The van der Waals surface area contributed by atoms with E-state index in [1.807, 2.05) is 74.5 Å². The van der Waals surface area contributed by atoms with Gasteiger partial charge < -0.3 is 9.47 Å². The van der Waals surface area contributed by atoms with Crippen LogP contribution in [0.4, 0.5) is 0 Å². The maximum atomic E-state index is 12.9. The SMILES string of the molecule is Cc1cc(C(C)(C)c2cc(C)c3c(c2)C(c2ccccc2)C(=O)O3)cc2c1OC(=O)C2c1ccccc1. The Hall–Kier alpha value is -4.18. The summed E-state index contributed by atoms with van der Waals surface area (Å²) in [7, 11) is 0. The molecule has 2 aliphatic rings. The molecule has 4 aromatic carbocycles. The fraction of sp³-hybridized carbons (Fsp3) is 0.212. The number of fused-ring (bicyclic) bond motifs is 2. The summed E-state index contributed by atoms with van der Waals surface area (Å²) >= 11 is 0. The minimum absolute atomic E-state index is 0.242. The Morgan fingerprint density at radius 3 is 1.35 bits per heavy atom. The topological polar surface area (TPSA) is 52.6 Å². The van der Waals surface area contributed by atoms with Crippen molar-refractivity contribution in [2.45, 2.75) is 44.9 Å². The summed E-state index contributed by atoms with van der Waals surface area (Å²) in [5, 5.41) is 0. The average molecular weight is 489 g/mol. The molecule has 0 amide bonds. The second-order valence-electron chi connectivity index (χ2n) is 10.6. The molecule has 0 aromatic heterocycles. The lowest BCUT2D eigenvalue weighted by atomic mass is 9.74. The number of ether oxygens (including phenoxy) is 2. The first-order valence-electron chi connectivity index (χ1n) is 12.6. The Balaban J connectivity index is 1.47. The summed E-state index contributed by atoms with van der Waals surface area (Å²) in [6, 6.07) is 28.0. The molecule has 2 atom stereocenters. The van der Waals surface area contributed by atoms with Gasteiger partial charge in [0.1, 0.15) is 23.3 Å². The van der Waals surface area contributed by atoms with Crippen LogP contribution < -0.4 is 9.47 Å². The molecule has 2 unspecified atom stereocenters. The summed E-state index contributed by atoms with van der Waals surface area (Å²) in [5.74, 6) is -0.0527. The number of hydrogen-bond donors (Lipinski definition) is 0. The second kappa shape index (κ2) is 8.45. The summed E-state index contributed by atoms with van der Waals surface area (Å²) in [4.78, 5) is 25.8. The quantitative estimate of drug-likeness (QED) is 0.236. The van der Waals surface area contributed by atoms with E-state index in [-0.39, 0.29) is 11.9 Å². The van der Waals surface area contributed by atoms with Crippen molar-refractivity contribution in [3.05, 3.63) is 129 Å². The van der Waals surface area contributed by atoms with E-state index in [4.69, 9.17) is 9.47 Å². The molecule has 6 rings (SSSR count). The maximum Gasteiger partial charge on any atom is 0.323 e. The molecule has 0 saturated heterocycles. The summed E-state index contributed by atoms with van der Waals surface area (Å²) < 4.78 is 11.5. The molecule has 0 N–H and O–H groups in total. The van der Waals surface area contributed by atoms with Crippen molar-refractivity contribution in [1.29, 1.82) is 0 Å². The molecule has 37 heavy (non-hydrogen) atoms. The van der Waals surface area contributed by atoms with Gasteiger partial charge in [0.15, 0.2) is 0 Å². The van der Waals surface area contributed by atoms with E-state index in [2.05, 4.69) is 38.1 Å². The molecule has 0 spiro atoms. The van der Waals surface area contributed by atoms with Crippen molar-refractivity contribution < 1.29 is 19.1 Å². The molecule has 0 aliphatic carbocycles. The Labute approximate surface area is 216 Å². The highest BCUT2D eigenvalue weighted by atomic mass is 16.5. The molecule has 0 fully saturated rings. The van der Waals surface area contributed by atoms with Crippen LogP contribution in [0.2, 0.25) is 0 Å². The summed E-state index contributed by atoms with van der Waals surface area (Å²) in [6.45, 7) is 8.34. The van der Waals surface area contributed by atoms with Gasteiger partial charge in [-0.3, -0.25) is 9.59 Å². The third kappa shape index (κ3) is 3.67. The molecule has 0 bridgehead atoms. The molecule has 0 radical (unpaired) electrons. The standard InChI is InChI=1S/C33H28O4/c1-19-15-23(17-25-27(31(34)36-29(19)25)21-11-7-5-8-12-21)33(3,4)24-16-20(2)30-26(18-24)28(32(35)37-30)22-13-9-6-10-14-22/h5-18,27-28H,1-4H3. The molecular formula is C33H28O4. The van der Waals surface area contributed by atoms with Crippen molar-refractivity contribution in [3.8, 4) is 11.5 Å². The lowest BCUT2D eigenvalue weighted by Gasteiger charge is -2.29. The summed E-state index contributed by atoms with van der Waals surface area (Å²) in [6.07, 6.45) is 0. The number of carbonyl (C=O) groups is 2. The van der Waals surface area contributed by atoms with Crippen LogP contribution in [0.3, 0.4) is 0 Å². The van der Waals surface area contributed by atoms with Crippen LogP contribution in [0.25, 0.3) is 0 Å². The number of aryl methyl sites for hydroxylation is 2. The van der Waals surface area contributed by atoms with Crippen molar-refractivity contribution in [2.75, 3.05) is 0 Å². The third-order valence-corrected chi connectivity index (χ3v) is 7.81. The zero-order chi connectivity index (χ0) is 25.9. The van der Waals surface area contributed by atoms with Crippen LogP contribution in [0.5, 0.6) is 11.5 Å². The first-order valence-corrected chi connectivity index (χ1v) is 12.6. The van der Waals surface area contributed by atoms with Crippen LogP contribution in [-0.2, 0) is 15.0 Å². The van der Waals surface area contributed by atoms with Crippen LogP contribution in [0.15, 0.2) is 84.9 Å². The van der Waals surface area contributed by atoms with Gasteiger partial charge in [-0.05, 0) is 59.4 Å². The van der Waals surface area contributed by atoms with Gasteiger partial charge >= 0.3 is 11.9 Å². The van der Waals surface area contributed by atoms with Gasteiger partial charge in [0.05, 0.1) is 0 Å². The van der Waals surface area contributed by atoms with E-state index in [0.717, 1.165) is 44.5 Å². The van der Waals surface area contributed by atoms with Gasteiger partial charge in [-0.2, -0.15) is 0 Å². The predicted molar refractivity (Wildman–Crippen MR) is 142 cm³/mol. The van der Waals surface area contributed by atoms with E-state index in [0.29, 0.717) is 11.5 Å². The van der Waals surface area contributed by atoms with Crippen molar-refractivity contribution in [2.24, 2.45) is 0 Å². The van der Waals surface area contributed by atoms with Crippen LogP contribution in [0, 0.1) is 13.8 Å². The molecule has 2 aliphatic heterocycles. The highest BCUT2D eigenvalue weighted by Gasteiger charge is 2.40. The van der Waals surface area contributed by atoms with E-state index in [1.165, 1.54) is 0 Å². The highest BCUT2D eigenvalue weighted by molar-refractivity contribution is 5.91. The largest absolute Gasteiger partial charge is 0.425 e. The molecular weight excluding hydrogens is 460 g/mol. The van der Waals surface area contributed by atoms with Gasteiger partial charge in [-0.15, -0.1) is 0 Å². The molecule has 2 heterocycles. The summed E-state index contributed by atoms with van der Waals surface area (Å²) in [5.41, 5.74) is 7.30. The molecule has 184 valence electrons. The average Bonchev–Trinajstić information content (AvgIpc) is 3.41. The smallest absolute Gasteiger partial charge is 0.323 e. The van der Waals surface area contributed by atoms with Crippen molar-refractivity contribution in [3.63, 3.8) is 0 Å². The fourth-order valence-electron chi connectivity index (χ4n) is 5.69. The Morgan fingerprint density at radius 1 is 0.595 bits per heavy atom. The van der Waals surface area contributed by atoms with Gasteiger partial charge in [0.25, 0.3) is 0 Å². The Morgan fingerprint density at radius 2 is 0.973 bits per heavy atom. The van der Waals surface area contributed by atoms with Crippen LogP contribution >= 0.6 is 0 Å². The van der Waals surface area contributed by atoms with Gasteiger partial charge in [0, 0.05) is 16.5 Å². The van der Waals surface area contributed by atoms with Crippen LogP contribution in [0.1, 0.15) is 70.2 Å². The zero-order valence-electron chi connectivity index (χ0n) is 21.4. The Kier molecular flexibility index (Phi) is 5.30. The first kappa shape index (κ1) is 23.2. The van der Waals surface area contributed by atoms with E-state index in [9.17, 15) is 9.59 Å². The van der Waals surface area contributed by atoms with E-state index < -0.39 is 17.3 Å². The number of carbonyl (C=O) groups excluding carboxylic acids is 2. The third-order valence-electron chi connectivity index (χ3n) is 7.81. The van der Waals surface area contributed by atoms with Gasteiger partial charge in [-0.25, -0.2) is 0 Å². The zero-order valence-corrected chi connectivity index (χ0v) is 21.4. The van der Waals surface area contributed by atoms with Crippen LogP contribution in [-0.4, -0.2) is 11.9 Å². The molecule has 0 saturated carbocycles. The van der Waals surface area contributed by atoms with Crippen molar-refractivity contribution in [1.82, 2.24) is 0 Å². The molecule has 4 nitrogen and oxygen atoms in total. The second-order valence-corrected chi connectivity index (χ2v) is 10.6. The number of rotatable bonds is 4. The normalized spacial score (nSPS) is 18.3. The van der Waals surface area contributed by atoms with Gasteiger partial charge in [-0.1, -0.05) is 86.6 Å². The minimum Gasteiger partial charge on any atom is -0.425 e. The molecule has 4 aromatic rings. The highest BCUT2D eigenvalue weighted by Crippen LogP contribution is 2.47. The van der Waals surface area contributed by atoms with Crippen molar-refractivity contribution >= 4 is 11.9 Å².